The number of aliphatic hydroxyl groups is 2. The molecule has 4 heterocycles. The Hall–Kier alpha value is -2.53. The summed E-state index contributed by atoms with van der Waals surface area (Å²) in [7, 11) is 0. The number of aliphatic hydroxyl groups excluding tert-OH is 1. The number of ether oxygens (including phenoxy) is 5. The van der Waals surface area contributed by atoms with Crippen LogP contribution in [0.3, 0.4) is 0 Å². The normalized spacial score (nSPS) is 50.9. The minimum atomic E-state index is -2.23. The summed E-state index contributed by atoms with van der Waals surface area (Å²) in [4.78, 5) is 39.9. The molecule has 7 rings (SSSR count). The van der Waals surface area contributed by atoms with Gasteiger partial charge in [0.25, 0.3) is 0 Å². The first-order valence-electron chi connectivity index (χ1n) is 12.8. The molecule has 4 saturated heterocycles. The van der Waals surface area contributed by atoms with Gasteiger partial charge in [0.15, 0.2) is 17.8 Å². The minimum absolute atomic E-state index is 0.0731. The summed E-state index contributed by atoms with van der Waals surface area (Å²) in [5.74, 6) is -3.88. The number of fused-ring (bicyclic) bond motifs is 1. The largest absolute Gasteiger partial charge is 0.459 e. The first-order valence-corrected chi connectivity index (χ1v) is 12.8. The van der Waals surface area contributed by atoms with Gasteiger partial charge in [0.2, 0.25) is 11.9 Å². The van der Waals surface area contributed by atoms with E-state index in [2.05, 4.69) is 0 Å². The molecule has 6 aliphatic rings. The van der Waals surface area contributed by atoms with Crippen molar-refractivity contribution in [3.8, 4) is 0 Å². The average Bonchev–Trinajstić information content (AvgIpc) is 3.55. The van der Waals surface area contributed by atoms with E-state index in [1.54, 1.807) is 0 Å². The highest BCUT2D eigenvalue weighted by molar-refractivity contribution is 5.94. The standard InChI is InChI=1S/C27H30O10/c1-12-19(29)35-17-16(28)25-15-10-14(23(2,3)4)24(25)18(33-11-13-8-6-5-7-9-13)20(30)36-22(24)37-27(25,21(31)34-15)26(12,17)32/h5-9,12,14-18,22,28,32H,10-11H2,1-4H3/t12-,14?,15?,16+,17+,18+,22?,24?,25?,26-,27+/m1/s1. The number of benzene rings is 1. The Morgan fingerprint density at radius 1 is 1.05 bits per heavy atom. The van der Waals surface area contributed by atoms with Gasteiger partial charge in [-0.1, -0.05) is 51.1 Å². The molecule has 2 saturated carbocycles. The lowest BCUT2D eigenvalue weighted by Crippen LogP contribution is -2.67. The van der Waals surface area contributed by atoms with Crippen LogP contribution in [0, 0.1) is 28.1 Å². The van der Waals surface area contributed by atoms with Gasteiger partial charge in [-0.2, -0.15) is 0 Å². The highest BCUT2D eigenvalue weighted by atomic mass is 16.8. The fourth-order valence-corrected chi connectivity index (χ4v) is 9.05. The summed E-state index contributed by atoms with van der Waals surface area (Å²) < 4.78 is 29.9. The van der Waals surface area contributed by atoms with Crippen LogP contribution in [0.1, 0.15) is 39.7 Å². The van der Waals surface area contributed by atoms with Gasteiger partial charge in [0.05, 0.1) is 23.4 Å². The molecule has 2 N–H and O–H groups in total. The van der Waals surface area contributed by atoms with E-state index >= 15 is 0 Å². The quantitative estimate of drug-likeness (QED) is 0.441. The Balaban J connectivity index is 1.47. The van der Waals surface area contributed by atoms with Gasteiger partial charge in [0.1, 0.15) is 12.2 Å². The number of hydrogen-bond acceptors (Lipinski definition) is 10. The summed E-state index contributed by atoms with van der Waals surface area (Å²) >= 11 is 0. The number of carbonyl (C=O) groups excluding carboxylic acids is 3. The topological polar surface area (TPSA) is 138 Å². The summed E-state index contributed by atoms with van der Waals surface area (Å²) in [6.07, 6.45) is -6.16. The Kier molecular flexibility index (Phi) is 4.28. The zero-order valence-electron chi connectivity index (χ0n) is 21.0. The van der Waals surface area contributed by atoms with Crippen LogP contribution in [0.2, 0.25) is 0 Å². The van der Waals surface area contributed by atoms with Crippen LogP contribution in [-0.2, 0) is 44.7 Å². The second-order valence-electron chi connectivity index (χ2n) is 12.4. The number of hydrogen-bond donors (Lipinski definition) is 2. The zero-order chi connectivity index (χ0) is 26.3. The molecule has 10 nitrogen and oxygen atoms in total. The maximum atomic E-state index is 13.8. The summed E-state index contributed by atoms with van der Waals surface area (Å²) in [6, 6.07) is 9.31. The molecule has 0 bridgehead atoms. The van der Waals surface area contributed by atoms with Crippen molar-refractivity contribution in [3.63, 3.8) is 0 Å². The highest BCUT2D eigenvalue weighted by Gasteiger charge is 3.04. The maximum Gasteiger partial charge on any atom is 0.343 e. The molecular weight excluding hydrogens is 484 g/mol. The monoisotopic (exact) mass is 514 g/mol. The Morgan fingerprint density at radius 3 is 2.43 bits per heavy atom. The molecule has 6 fully saturated rings. The van der Waals surface area contributed by atoms with Gasteiger partial charge in [-0.15, -0.1) is 0 Å². The molecule has 1 aromatic carbocycles. The van der Waals surface area contributed by atoms with Crippen LogP contribution in [0.4, 0.5) is 0 Å². The van der Waals surface area contributed by atoms with Crippen LogP contribution in [0.5, 0.6) is 0 Å². The molecule has 2 spiro atoms. The number of esters is 3. The smallest absolute Gasteiger partial charge is 0.343 e. The Bertz CT molecular complexity index is 1230. The summed E-state index contributed by atoms with van der Waals surface area (Å²) in [5, 5.41) is 24.3. The molecule has 4 aliphatic heterocycles. The van der Waals surface area contributed by atoms with Gasteiger partial charge in [-0.3, -0.25) is 4.79 Å². The lowest BCUT2D eigenvalue weighted by atomic mass is 9.51. The van der Waals surface area contributed by atoms with E-state index in [0.29, 0.717) is 6.42 Å². The van der Waals surface area contributed by atoms with Gasteiger partial charge in [-0.25, -0.2) is 9.59 Å². The van der Waals surface area contributed by atoms with Crippen LogP contribution in [0.15, 0.2) is 30.3 Å². The summed E-state index contributed by atoms with van der Waals surface area (Å²) in [5.41, 5.74) is -7.12. The van der Waals surface area contributed by atoms with Crippen molar-refractivity contribution in [1.82, 2.24) is 0 Å². The molecule has 198 valence electrons. The van der Waals surface area contributed by atoms with Crippen molar-refractivity contribution in [2.75, 3.05) is 0 Å². The third-order valence-corrected chi connectivity index (χ3v) is 10.2. The van der Waals surface area contributed by atoms with E-state index in [9.17, 15) is 24.6 Å². The van der Waals surface area contributed by atoms with Gasteiger partial charge >= 0.3 is 17.9 Å². The Morgan fingerprint density at radius 2 is 1.76 bits per heavy atom. The molecule has 37 heavy (non-hydrogen) atoms. The second-order valence-corrected chi connectivity index (χ2v) is 12.4. The van der Waals surface area contributed by atoms with Crippen molar-refractivity contribution in [2.24, 2.45) is 28.1 Å². The third kappa shape index (κ3) is 2.14. The third-order valence-electron chi connectivity index (χ3n) is 10.2. The van der Waals surface area contributed by atoms with E-state index in [1.807, 2.05) is 51.1 Å². The van der Waals surface area contributed by atoms with E-state index in [-0.39, 0.29) is 12.5 Å². The molecule has 11 atom stereocenters. The average molecular weight is 515 g/mol. The first kappa shape index (κ1) is 23.6. The minimum Gasteiger partial charge on any atom is -0.459 e. The predicted octanol–water partition coefficient (Wildman–Crippen LogP) is 0.855. The van der Waals surface area contributed by atoms with Crippen LogP contribution in [0.25, 0.3) is 0 Å². The Labute approximate surface area is 213 Å². The molecule has 5 unspecified atom stereocenters. The molecule has 1 aromatic rings. The number of rotatable bonds is 3. The maximum absolute atomic E-state index is 13.8. The van der Waals surface area contributed by atoms with Crippen molar-refractivity contribution in [1.29, 1.82) is 0 Å². The van der Waals surface area contributed by atoms with Crippen LogP contribution >= 0.6 is 0 Å². The van der Waals surface area contributed by atoms with Crippen molar-refractivity contribution in [2.45, 2.75) is 82.6 Å². The molecule has 0 amide bonds. The van der Waals surface area contributed by atoms with Gasteiger partial charge < -0.3 is 33.9 Å². The SMILES string of the molecule is C[C@@H]1C(=O)O[C@H]2[C@H](O)C34C5CC(C(C)(C)C)C36C(OC(=O)[C@@H]6OCc3ccccc3)O[C@]4(C(=O)O5)[C@@]12O. The molecule has 0 aromatic heterocycles. The van der Waals surface area contributed by atoms with Crippen molar-refractivity contribution in [3.05, 3.63) is 35.9 Å². The van der Waals surface area contributed by atoms with Gasteiger partial charge in [-0.05, 0) is 30.2 Å². The molecule has 2 aliphatic carbocycles. The van der Waals surface area contributed by atoms with Crippen molar-refractivity contribution < 1.29 is 48.3 Å². The molecule has 0 radical (unpaired) electrons. The first-order chi connectivity index (χ1) is 17.4. The fourth-order valence-electron chi connectivity index (χ4n) is 9.05. The van der Waals surface area contributed by atoms with Gasteiger partial charge in [0, 0.05) is 0 Å². The molecule has 10 heteroatoms. The zero-order valence-corrected chi connectivity index (χ0v) is 21.0. The van der Waals surface area contributed by atoms with Crippen LogP contribution in [-0.4, -0.2) is 70.0 Å². The van der Waals surface area contributed by atoms with E-state index in [0.717, 1.165) is 5.56 Å². The number of carbonyl (C=O) groups is 3. The van der Waals surface area contributed by atoms with E-state index in [4.69, 9.17) is 23.7 Å². The predicted molar refractivity (Wildman–Crippen MR) is 121 cm³/mol. The van der Waals surface area contributed by atoms with Crippen LogP contribution < -0.4 is 0 Å². The lowest BCUT2D eigenvalue weighted by Gasteiger charge is -2.48. The molecular formula is C27H30O10. The highest BCUT2D eigenvalue weighted by Crippen LogP contribution is 2.84. The van der Waals surface area contributed by atoms with Crippen molar-refractivity contribution >= 4 is 17.9 Å². The summed E-state index contributed by atoms with van der Waals surface area (Å²) in [6.45, 7) is 7.52. The van der Waals surface area contributed by atoms with E-state index < -0.39 is 82.0 Å². The van der Waals surface area contributed by atoms with E-state index in [1.165, 1.54) is 6.92 Å². The fraction of sp³-hybridized carbons (Fsp3) is 0.667. The lowest BCUT2D eigenvalue weighted by molar-refractivity contribution is -0.240. The second kappa shape index (κ2) is 6.72.